The van der Waals surface area contributed by atoms with Crippen LogP contribution in [-0.2, 0) is 0 Å². The van der Waals surface area contributed by atoms with Crippen molar-refractivity contribution in [3.8, 4) is 0 Å². The van der Waals surface area contributed by atoms with Crippen LogP contribution in [0.1, 0.15) is 16.1 Å². The summed E-state index contributed by atoms with van der Waals surface area (Å²) in [6.07, 6.45) is 3.17. The van der Waals surface area contributed by atoms with Crippen LogP contribution in [0.2, 0.25) is 5.02 Å². The first kappa shape index (κ1) is 12.3. The number of carboxylic acid groups (broad SMARTS) is 1. The molecule has 5 nitrogen and oxygen atoms in total. The molecule has 0 fully saturated rings. The number of benzene rings is 1. The zero-order valence-corrected chi connectivity index (χ0v) is 10.3. The van der Waals surface area contributed by atoms with Gasteiger partial charge in [-0.05, 0) is 25.1 Å². The number of aromatic nitrogens is 2. The molecular weight excluding hydrogens is 254 g/mol. The Balaban J connectivity index is 2.29. The van der Waals surface area contributed by atoms with Crippen molar-refractivity contribution in [3.63, 3.8) is 0 Å². The maximum atomic E-state index is 10.8. The highest BCUT2D eigenvalue weighted by Crippen LogP contribution is 2.23. The lowest BCUT2D eigenvalue weighted by Crippen LogP contribution is -2.00. The molecule has 0 bridgehead atoms. The van der Waals surface area contributed by atoms with Crippen LogP contribution in [-0.4, -0.2) is 21.0 Å². The molecule has 2 N–H and O–H groups in total. The molecule has 92 valence electrons. The van der Waals surface area contributed by atoms with Gasteiger partial charge in [-0.15, -0.1) is 0 Å². The number of hydrogen-bond acceptors (Lipinski definition) is 4. The van der Waals surface area contributed by atoms with E-state index in [0.717, 1.165) is 5.69 Å². The minimum atomic E-state index is -1.05. The summed E-state index contributed by atoms with van der Waals surface area (Å²) in [7, 11) is 0. The number of carbonyl (C=O) groups is 1. The molecule has 0 aliphatic rings. The first-order chi connectivity index (χ1) is 8.58. The van der Waals surface area contributed by atoms with Crippen molar-refractivity contribution in [2.75, 3.05) is 5.32 Å². The van der Waals surface area contributed by atoms with Crippen LogP contribution in [0.25, 0.3) is 0 Å². The predicted molar refractivity (Wildman–Crippen MR) is 68.5 cm³/mol. The molecule has 1 aromatic heterocycles. The van der Waals surface area contributed by atoms with Crippen molar-refractivity contribution in [2.24, 2.45) is 0 Å². The van der Waals surface area contributed by atoms with E-state index in [9.17, 15) is 4.79 Å². The highest BCUT2D eigenvalue weighted by Gasteiger charge is 2.09. The van der Waals surface area contributed by atoms with Crippen molar-refractivity contribution in [1.82, 2.24) is 9.97 Å². The minimum Gasteiger partial charge on any atom is -0.478 e. The van der Waals surface area contributed by atoms with Gasteiger partial charge in [-0.25, -0.2) is 9.78 Å². The zero-order chi connectivity index (χ0) is 13.1. The van der Waals surface area contributed by atoms with Crippen LogP contribution >= 0.6 is 11.6 Å². The van der Waals surface area contributed by atoms with Crippen LogP contribution in [0.3, 0.4) is 0 Å². The quantitative estimate of drug-likeness (QED) is 0.891. The zero-order valence-electron chi connectivity index (χ0n) is 9.51. The molecule has 0 amide bonds. The Morgan fingerprint density at radius 1 is 1.33 bits per heavy atom. The highest BCUT2D eigenvalue weighted by atomic mass is 35.5. The fourth-order valence-corrected chi connectivity index (χ4v) is 1.69. The van der Waals surface area contributed by atoms with Gasteiger partial charge in [0.1, 0.15) is 0 Å². The standard InChI is InChI=1S/C12H10ClN3O2/c1-7-11(15-5-4-14-7)16-8-2-3-9(12(17)18)10(13)6-8/h2-6H,1H3,(H,15,16)(H,17,18). The summed E-state index contributed by atoms with van der Waals surface area (Å²) < 4.78 is 0. The fraction of sp³-hybridized carbons (Fsp3) is 0.0833. The Hall–Kier alpha value is -2.14. The summed E-state index contributed by atoms with van der Waals surface area (Å²) >= 11 is 5.87. The van der Waals surface area contributed by atoms with Crippen LogP contribution in [0.5, 0.6) is 0 Å². The van der Waals surface area contributed by atoms with Gasteiger partial charge in [0, 0.05) is 18.1 Å². The van der Waals surface area contributed by atoms with E-state index < -0.39 is 5.97 Å². The fourth-order valence-electron chi connectivity index (χ4n) is 1.43. The smallest absolute Gasteiger partial charge is 0.337 e. The molecule has 18 heavy (non-hydrogen) atoms. The van der Waals surface area contributed by atoms with Gasteiger partial charge < -0.3 is 10.4 Å². The number of nitrogens with one attached hydrogen (secondary N) is 1. The van der Waals surface area contributed by atoms with Gasteiger partial charge in [-0.3, -0.25) is 4.98 Å². The molecule has 0 radical (unpaired) electrons. The lowest BCUT2D eigenvalue weighted by atomic mass is 10.2. The third kappa shape index (κ3) is 2.57. The summed E-state index contributed by atoms with van der Waals surface area (Å²) in [5, 5.41) is 12.1. The van der Waals surface area contributed by atoms with Crippen LogP contribution in [0, 0.1) is 6.92 Å². The number of halogens is 1. The molecule has 0 spiro atoms. The second-order valence-electron chi connectivity index (χ2n) is 3.62. The largest absolute Gasteiger partial charge is 0.478 e. The molecule has 0 saturated carbocycles. The first-order valence-corrected chi connectivity index (χ1v) is 5.53. The molecule has 0 aliphatic carbocycles. The number of anilines is 2. The van der Waals surface area contributed by atoms with E-state index in [-0.39, 0.29) is 10.6 Å². The average molecular weight is 264 g/mol. The predicted octanol–water partition coefficient (Wildman–Crippen LogP) is 2.88. The number of hydrogen-bond donors (Lipinski definition) is 2. The first-order valence-electron chi connectivity index (χ1n) is 5.15. The van der Waals surface area contributed by atoms with Crippen molar-refractivity contribution in [3.05, 3.63) is 46.9 Å². The molecule has 0 atom stereocenters. The van der Waals surface area contributed by atoms with E-state index in [0.29, 0.717) is 11.5 Å². The van der Waals surface area contributed by atoms with E-state index >= 15 is 0 Å². The molecule has 1 heterocycles. The second kappa shape index (κ2) is 5.01. The maximum Gasteiger partial charge on any atom is 0.337 e. The van der Waals surface area contributed by atoms with E-state index in [1.165, 1.54) is 6.07 Å². The minimum absolute atomic E-state index is 0.0677. The van der Waals surface area contributed by atoms with E-state index in [1.54, 1.807) is 24.5 Å². The Kier molecular flexibility index (Phi) is 3.43. The lowest BCUT2D eigenvalue weighted by Gasteiger charge is -2.08. The summed E-state index contributed by atoms with van der Waals surface area (Å²) in [6, 6.07) is 4.61. The van der Waals surface area contributed by atoms with Crippen molar-refractivity contribution in [1.29, 1.82) is 0 Å². The molecule has 1 aromatic carbocycles. The van der Waals surface area contributed by atoms with Gasteiger partial charge in [0.15, 0.2) is 5.82 Å². The second-order valence-corrected chi connectivity index (χ2v) is 4.02. The topological polar surface area (TPSA) is 75.1 Å². The Morgan fingerprint density at radius 3 is 2.67 bits per heavy atom. The van der Waals surface area contributed by atoms with E-state index in [1.807, 2.05) is 6.92 Å². The highest BCUT2D eigenvalue weighted by molar-refractivity contribution is 6.33. The molecule has 2 rings (SSSR count). The van der Waals surface area contributed by atoms with Gasteiger partial charge in [0.2, 0.25) is 0 Å². The van der Waals surface area contributed by atoms with Crippen LogP contribution in [0.4, 0.5) is 11.5 Å². The van der Waals surface area contributed by atoms with E-state index in [2.05, 4.69) is 15.3 Å². The Morgan fingerprint density at radius 2 is 2.06 bits per heavy atom. The van der Waals surface area contributed by atoms with Gasteiger partial charge in [0.25, 0.3) is 0 Å². The van der Waals surface area contributed by atoms with Gasteiger partial charge in [-0.1, -0.05) is 11.6 Å². The SMILES string of the molecule is Cc1nccnc1Nc1ccc(C(=O)O)c(Cl)c1. The maximum absolute atomic E-state index is 10.8. The van der Waals surface area contributed by atoms with Gasteiger partial charge in [-0.2, -0.15) is 0 Å². The number of rotatable bonds is 3. The summed E-state index contributed by atoms with van der Waals surface area (Å²) in [5.74, 6) is -0.445. The van der Waals surface area contributed by atoms with Gasteiger partial charge in [0.05, 0.1) is 16.3 Å². The molecule has 6 heteroatoms. The molecular formula is C12H10ClN3O2. The number of nitrogens with zero attached hydrogens (tertiary/aromatic N) is 2. The van der Waals surface area contributed by atoms with Crippen LogP contribution < -0.4 is 5.32 Å². The van der Waals surface area contributed by atoms with Crippen molar-refractivity contribution < 1.29 is 9.90 Å². The Bertz CT molecular complexity index is 602. The number of aromatic carboxylic acids is 1. The Labute approximate surface area is 108 Å². The monoisotopic (exact) mass is 263 g/mol. The summed E-state index contributed by atoms with van der Waals surface area (Å²) in [5.41, 5.74) is 1.47. The van der Waals surface area contributed by atoms with Crippen LogP contribution in [0.15, 0.2) is 30.6 Å². The third-order valence-corrected chi connectivity index (χ3v) is 2.66. The number of carboxylic acids is 1. The number of aryl methyl sites for hydroxylation is 1. The average Bonchev–Trinajstić information content (AvgIpc) is 2.32. The van der Waals surface area contributed by atoms with E-state index in [4.69, 9.17) is 16.7 Å². The van der Waals surface area contributed by atoms with Gasteiger partial charge >= 0.3 is 5.97 Å². The molecule has 0 saturated heterocycles. The summed E-state index contributed by atoms with van der Waals surface area (Å²) in [6.45, 7) is 1.82. The normalized spacial score (nSPS) is 10.1. The molecule has 2 aromatic rings. The molecule has 0 aliphatic heterocycles. The third-order valence-electron chi connectivity index (χ3n) is 2.34. The summed E-state index contributed by atoms with van der Waals surface area (Å²) in [4.78, 5) is 19.0. The molecule has 0 unspecified atom stereocenters. The van der Waals surface area contributed by atoms with Crippen molar-refractivity contribution >= 4 is 29.1 Å². The lowest BCUT2D eigenvalue weighted by molar-refractivity contribution is 0.0697. The van der Waals surface area contributed by atoms with Crippen molar-refractivity contribution in [2.45, 2.75) is 6.92 Å².